The topological polar surface area (TPSA) is 237 Å². The summed E-state index contributed by atoms with van der Waals surface area (Å²) in [6.45, 7) is 7.38. The van der Waals surface area contributed by atoms with Crippen LogP contribution in [-0.2, 0) is 65.4 Å². The molecule has 0 spiro atoms. The van der Waals surface area contributed by atoms with Gasteiger partial charge in [0.05, 0.1) is 26.4 Å². The largest absolute Gasteiger partial charge is 0.472 e. The zero-order chi connectivity index (χ0) is 76.9. The van der Waals surface area contributed by atoms with Crippen LogP contribution in [0, 0.1) is 5.92 Å². The molecule has 105 heavy (non-hydrogen) atoms. The molecule has 2 unspecified atom stereocenters. The van der Waals surface area contributed by atoms with Gasteiger partial charge in [0.2, 0.25) is 0 Å². The normalized spacial score (nSPS) is 13.8. The maximum Gasteiger partial charge on any atom is 0.472 e. The second-order valence-corrected chi connectivity index (χ2v) is 34.3. The number of hydrogen-bond donors (Lipinski definition) is 3. The van der Waals surface area contributed by atoms with Gasteiger partial charge in [0, 0.05) is 25.7 Å². The van der Waals surface area contributed by atoms with Gasteiger partial charge in [-0.05, 0) is 31.6 Å². The van der Waals surface area contributed by atoms with Gasteiger partial charge in [-0.3, -0.25) is 37.3 Å². The van der Waals surface area contributed by atoms with Gasteiger partial charge >= 0.3 is 39.5 Å². The number of rotatable bonds is 86. The minimum absolute atomic E-state index is 0.108. The Morgan fingerprint density at radius 2 is 0.438 bits per heavy atom. The van der Waals surface area contributed by atoms with Crippen molar-refractivity contribution in [3.05, 3.63) is 0 Å². The van der Waals surface area contributed by atoms with Crippen molar-refractivity contribution in [2.24, 2.45) is 5.92 Å². The van der Waals surface area contributed by atoms with Gasteiger partial charge in [-0.25, -0.2) is 9.13 Å². The molecule has 0 heterocycles. The lowest BCUT2D eigenvalue weighted by Crippen LogP contribution is -2.30. The van der Waals surface area contributed by atoms with E-state index in [1.165, 1.54) is 289 Å². The van der Waals surface area contributed by atoms with Crippen LogP contribution in [0.5, 0.6) is 0 Å². The highest BCUT2D eigenvalue weighted by molar-refractivity contribution is 7.47. The lowest BCUT2D eigenvalue weighted by Gasteiger charge is -2.21. The Hall–Kier alpha value is -1.94. The van der Waals surface area contributed by atoms with Crippen molar-refractivity contribution in [1.29, 1.82) is 0 Å². The predicted molar refractivity (Wildman–Crippen MR) is 432 cm³/mol. The van der Waals surface area contributed by atoms with E-state index in [1.54, 1.807) is 0 Å². The van der Waals surface area contributed by atoms with Gasteiger partial charge in [-0.1, -0.05) is 413 Å². The average Bonchev–Trinajstić information content (AvgIpc) is 0.910. The number of phosphoric acid groups is 2. The molecule has 0 aromatic heterocycles. The summed E-state index contributed by atoms with van der Waals surface area (Å²) < 4.78 is 68.9. The van der Waals surface area contributed by atoms with Crippen LogP contribution in [0.1, 0.15) is 465 Å². The predicted octanol–water partition coefficient (Wildman–Crippen LogP) is 26.4. The number of phosphoric ester groups is 2. The molecule has 0 amide bonds. The van der Waals surface area contributed by atoms with Gasteiger partial charge in [-0.2, -0.15) is 0 Å². The van der Waals surface area contributed by atoms with Gasteiger partial charge < -0.3 is 33.8 Å². The lowest BCUT2D eigenvalue weighted by molar-refractivity contribution is -0.161. The minimum Gasteiger partial charge on any atom is -0.462 e. The van der Waals surface area contributed by atoms with Crippen LogP contribution in [0.25, 0.3) is 0 Å². The summed E-state index contributed by atoms with van der Waals surface area (Å²) in [5, 5.41) is 10.7. The van der Waals surface area contributed by atoms with E-state index in [-0.39, 0.29) is 25.7 Å². The molecule has 0 aliphatic heterocycles. The molecule has 0 radical (unpaired) electrons. The molecule has 624 valence electrons. The van der Waals surface area contributed by atoms with Crippen LogP contribution in [0.2, 0.25) is 0 Å². The fourth-order valence-corrected chi connectivity index (χ4v) is 15.1. The van der Waals surface area contributed by atoms with Crippen molar-refractivity contribution in [2.45, 2.75) is 483 Å². The third-order valence-electron chi connectivity index (χ3n) is 20.3. The summed E-state index contributed by atoms with van der Waals surface area (Å²) in [4.78, 5) is 73.2. The second-order valence-electron chi connectivity index (χ2n) is 31.4. The molecule has 0 saturated carbocycles. The average molecular weight is 1540 g/mol. The zero-order valence-electron chi connectivity index (χ0n) is 68.9. The van der Waals surface area contributed by atoms with Crippen molar-refractivity contribution in [2.75, 3.05) is 39.6 Å². The number of ether oxygens (including phenoxy) is 4. The highest BCUT2D eigenvalue weighted by Gasteiger charge is 2.30. The Balaban J connectivity index is 5.24. The van der Waals surface area contributed by atoms with Crippen LogP contribution >= 0.6 is 15.6 Å². The van der Waals surface area contributed by atoms with Crippen molar-refractivity contribution in [3.63, 3.8) is 0 Å². The molecule has 0 aromatic rings. The fourth-order valence-electron chi connectivity index (χ4n) is 13.5. The van der Waals surface area contributed by atoms with E-state index < -0.39 is 97.5 Å². The Morgan fingerprint density at radius 1 is 0.257 bits per heavy atom. The van der Waals surface area contributed by atoms with Crippen LogP contribution in [0.15, 0.2) is 0 Å². The summed E-state index contributed by atoms with van der Waals surface area (Å²) >= 11 is 0. The maximum absolute atomic E-state index is 13.1. The molecule has 0 saturated heterocycles. The molecule has 0 aromatic carbocycles. The number of unbranched alkanes of at least 4 members (excludes halogenated alkanes) is 58. The van der Waals surface area contributed by atoms with E-state index in [9.17, 15) is 43.2 Å². The number of esters is 4. The van der Waals surface area contributed by atoms with Crippen molar-refractivity contribution >= 4 is 39.5 Å². The van der Waals surface area contributed by atoms with E-state index in [1.807, 2.05) is 0 Å². The number of aliphatic hydroxyl groups excluding tert-OH is 1. The van der Waals surface area contributed by atoms with Crippen molar-refractivity contribution in [3.8, 4) is 0 Å². The number of hydrogen-bond acceptors (Lipinski definition) is 15. The quantitative estimate of drug-likeness (QED) is 0.0222. The molecule has 0 bridgehead atoms. The summed E-state index contributed by atoms with van der Waals surface area (Å²) in [5.41, 5.74) is 0. The minimum atomic E-state index is -4.97. The molecule has 19 heteroatoms. The van der Waals surface area contributed by atoms with Crippen molar-refractivity contribution in [1.82, 2.24) is 0 Å². The Kier molecular flexibility index (Phi) is 77.3. The summed E-state index contributed by atoms with van der Waals surface area (Å²) in [6.07, 6.45) is 72.2. The molecule has 0 aliphatic rings. The standard InChI is InChI=1S/C86H168O17P2/c1-6-9-12-15-18-21-24-26-28-30-32-34-36-40-45-50-55-60-65-70-84(89)97-76-82(103-85(90)71-66-61-56-51-46-41-37-35-33-31-29-27-25-22-19-16-13-10-7-2)78-101-105(94,95)99-74-80(87)73-98-104(92,93)100-77-81(75-96-83(88)69-64-59-54-49-43-23-20-17-14-11-8-3)102-86(91)72-67-62-57-52-47-42-38-39-44-48-53-58-63-68-79(4)5/h79-82,87H,6-78H2,1-5H3,(H,92,93)(H,94,95)/t80-,81+,82+/m0/s1. The second kappa shape index (κ2) is 78.7. The molecular formula is C86H168O17P2. The Labute approximate surface area is 645 Å². The van der Waals surface area contributed by atoms with E-state index in [0.29, 0.717) is 25.7 Å². The molecule has 5 atom stereocenters. The molecule has 0 rings (SSSR count). The first-order valence-electron chi connectivity index (χ1n) is 44.6. The SMILES string of the molecule is CCCCCCCCCCCCCCCCCCCCCC(=O)OC[C@H](COP(=O)(O)OC[C@@H](O)COP(=O)(O)OC[C@@H](COC(=O)CCCCCCCCCCCCC)OC(=O)CCCCCCCCCCCCCCCC(C)C)OC(=O)CCCCCCCCCCCCCCCCCCCCC. The van der Waals surface area contributed by atoms with E-state index in [2.05, 4.69) is 34.6 Å². The van der Waals surface area contributed by atoms with Crippen molar-refractivity contribution < 1.29 is 80.2 Å². The Bertz CT molecular complexity index is 2000. The highest BCUT2D eigenvalue weighted by Crippen LogP contribution is 2.45. The molecule has 17 nitrogen and oxygen atoms in total. The van der Waals surface area contributed by atoms with Gasteiger partial charge in [0.15, 0.2) is 12.2 Å². The first-order valence-corrected chi connectivity index (χ1v) is 47.6. The molecular weight excluding hydrogens is 1370 g/mol. The molecule has 3 N–H and O–H groups in total. The maximum atomic E-state index is 13.1. The van der Waals surface area contributed by atoms with Crippen LogP contribution in [0.3, 0.4) is 0 Å². The number of carbonyl (C=O) groups excluding carboxylic acids is 4. The summed E-state index contributed by atoms with van der Waals surface area (Å²) in [5.74, 6) is -1.31. The van der Waals surface area contributed by atoms with Gasteiger partial charge in [-0.15, -0.1) is 0 Å². The summed E-state index contributed by atoms with van der Waals surface area (Å²) in [7, 11) is -9.93. The number of carbonyl (C=O) groups is 4. The smallest absolute Gasteiger partial charge is 0.462 e. The van der Waals surface area contributed by atoms with Gasteiger partial charge in [0.1, 0.15) is 19.3 Å². The van der Waals surface area contributed by atoms with E-state index in [4.69, 9.17) is 37.0 Å². The van der Waals surface area contributed by atoms with E-state index >= 15 is 0 Å². The lowest BCUT2D eigenvalue weighted by atomic mass is 10.0. The van der Waals surface area contributed by atoms with E-state index in [0.717, 1.165) is 95.8 Å². The zero-order valence-corrected chi connectivity index (χ0v) is 70.7. The first kappa shape index (κ1) is 103. The van der Waals surface area contributed by atoms with Gasteiger partial charge in [0.25, 0.3) is 0 Å². The monoisotopic (exact) mass is 1540 g/mol. The third kappa shape index (κ3) is 79.9. The molecule has 0 fully saturated rings. The van der Waals surface area contributed by atoms with Crippen LogP contribution in [0.4, 0.5) is 0 Å². The van der Waals surface area contributed by atoms with Crippen LogP contribution < -0.4 is 0 Å². The third-order valence-corrected chi connectivity index (χ3v) is 22.2. The molecule has 0 aliphatic carbocycles. The summed E-state index contributed by atoms with van der Waals surface area (Å²) in [6, 6.07) is 0. The highest BCUT2D eigenvalue weighted by atomic mass is 31.2. The van der Waals surface area contributed by atoms with Crippen LogP contribution in [-0.4, -0.2) is 96.7 Å². The number of aliphatic hydroxyl groups is 1. The fraction of sp³-hybridized carbons (Fsp3) is 0.953. The first-order chi connectivity index (χ1) is 51.0. The Morgan fingerprint density at radius 3 is 0.648 bits per heavy atom.